The molecule has 2 aromatic rings. The molecule has 0 fully saturated rings. The van der Waals surface area contributed by atoms with Gasteiger partial charge in [0.05, 0.1) is 30.1 Å². The highest BCUT2D eigenvalue weighted by Gasteiger charge is 2.10. The van der Waals surface area contributed by atoms with Gasteiger partial charge in [-0.15, -0.1) is 0 Å². The highest BCUT2D eigenvalue weighted by Crippen LogP contribution is 2.20. The van der Waals surface area contributed by atoms with Crippen molar-refractivity contribution in [2.24, 2.45) is 0 Å². The molecular weight excluding hydrogens is 354 g/mol. The minimum atomic E-state index is -0.400. The fraction of sp³-hybridized carbons (Fsp3) is 0.318. The average Bonchev–Trinajstić information content (AvgIpc) is 2.74. The molecule has 0 atom stereocenters. The Labute approximate surface area is 165 Å². The number of benzene rings is 1. The summed E-state index contributed by atoms with van der Waals surface area (Å²) < 4.78 is 4.74. The van der Waals surface area contributed by atoms with Gasteiger partial charge in [-0.1, -0.05) is 17.7 Å². The van der Waals surface area contributed by atoms with Crippen LogP contribution in [0.2, 0.25) is 0 Å². The molecule has 1 aromatic heterocycles. The first-order valence-corrected chi connectivity index (χ1v) is 9.52. The summed E-state index contributed by atoms with van der Waals surface area (Å²) in [5.74, 6) is -0.543. The number of esters is 1. The first-order valence-electron chi connectivity index (χ1n) is 9.52. The van der Waals surface area contributed by atoms with E-state index in [0.717, 1.165) is 19.3 Å². The summed E-state index contributed by atoms with van der Waals surface area (Å²) in [5, 5.41) is 6.13. The van der Waals surface area contributed by atoms with Crippen molar-refractivity contribution >= 4 is 23.3 Å². The predicted molar refractivity (Wildman–Crippen MR) is 109 cm³/mol. The molecule has 1 heterocycles. The van der Waals surface area contributed by atoms with Crippen molar-refractivity contribution in [1.82, 2.24) is 10.3 Å². The average molecular weight is 379 g/mol. The number of anilines is 2. The Morgan fingerprint density at radius 3 is 2.75 bits per heavy atom. The van der Waals surface area contributed by atoms with Crippen molar-refractivity contribution in [1.29, 1.82) is 0 Å². The number of carbonyl (C=O) groups is 2. The van der Waals surface area contributed by atoms with Gasteiger partial charge in [-0.3, -0.25) is 9.78 Å². The lowest BCUT2D eigenvalue weighted by atomic mass is 9.97. The Kier molecular flexibility index (Phi) is 6.78. The zero-order chi connectivity index (χ0) is 19.8. The van der Waals surface area contributed by atoms with Crippen LogP contribution < -0.4 is 10.6 Å². The van der Waals surface area contributed by atoms with Gasteiger partial charge >= 0.3 is 5.97 Å². The summed E-state index contributed by atoms with van der Waals surface area (Å²) in [6, 6.07) is 8.71. The molecule has 0 radical (unpaired) electrons. The summed E-state index contributed by atoms with van der Waals surface area (Å²) in [6.07, 6.45) is 11.2. The van der Waals surface area contributed by atoms with Gasteiger partial charge in [0.1, 0.15) is 0 Å². The topological polar surface area (TPSA) is 80.3 Å². The van der Waals surface area contributed by atoms with Crippen LogP contribution in [-0.4, -0.2) is 30.5 Å². The molecule has 0 bridgehead atoms. The molecule has 1 aliphatic carbocycles. The van der Waals surface area contributed by atoms with E-state index < -0.39 is 5.97 Å². The van der Waals surface area contributed by atoms with Crippen LogP contribution in [0.15, 0.2) is 54.4 Å². The fourth-order valence-electron chi connectivity index (χ4n) is 3.21. The minimum Gasteiger partial charge on any atom is -0.465 e. The van der Waals surface area contributed by atoms with Crippen LogP contribution in [0.25, 0.3) is 0 Å². The predicted octanol–water partition coefficient (Wildman–Crippen LogP) is 4.23. The molecule has 0 saturated heterocycles. The van der Waals surface area contributed by atoms with E-state index in [1.54, 1.807) is 36.7 Å². The van der Waals surface area contributed by atoms with Crippen LogP contribution in [0.1, 0.15) is 52.8 Å². The number of rotatable bonds is 7. The lowest BCUT2D eigenvalue weighted by molar-refractivity contribution is 0.0600. The normalized spacial score (nSPS) is 13.4. The van der Waals surface area contributed by atoms with E-state index in [0.29, 0.717) is 29.0 Å². The van der Waals surface area contributed by atoms with Crippen LogP contribution in [0.5, 0.6) is 0 Å². The van der Waals surface area contributed by atoms with Crippen LogP contribution in [-0.2, 0) is 4.74 Å². The van der Waals surface area contributed by atoms with Crippen molar-refractivity contribution in [2.45, 2.75) is 32.1 Å². The number of nitrogens with zero attached hydrogens (tertiary/aromatic N) is 1. The summed E-state index contributed by atoms with van der Waals surface area (Å²) in [4.78, 5) is 28.2. The van der Waals surface area contributed by atoms with E-state index >= 15 is 0 Å². The zero-order valence-electron chi connectivity index (χ0n) is 16.0. The van der Waals surface area contributed by atoms with Gasteiger partial charge in [0, 0.05) is 18.4 Å². The number of pyridine rings is 1. The monoisotopic (exact) mass is 379 g/mol. The van der Waals surface area contributed by atoms with Crippen molar-refractivity contribution in [2.75, 3.05) is 19.0 Å². The van der Waals surface area contributed by atoms with Crippen molar-refractivity contribution in [3.63, 3.8) is 0 Å². The molecular formula is C22H25N3O3. The first-order chi connectivity index (χ1) is 13.7. The molecule has 3 rings (SSSR count). The molecule has 0 saturated carbocycles. The van der Waals surface area contributed by atoms with Crippen molar-refractivity contribution in [3.05, 3.63) is 65.5 Å². The third-order valence-electron chi connectivity index (χ3n) is 4.69. The van der Waals surface area contributed by atoms with Gasteiger partial charge in [0.2, 0.25) is 0 Å². The maximum Gasteiger partial charge on any atom is 0.337 e. The van der Waals surface area contributed by atoms with Crippen molar-refractivity contribution in [3.8, 4) is 0 Å². The highest BCUT2D eigenvalue weighted by atomic mass is 16.5. The van der Waals surface area contributed by atoms with E-state index in [1.807, 2.05) is 6.07 Å². The molecule has 2 N–H and O–H groups in total. The second-order valence-electron chi connectivity index (χ2n) is 6.77. The summed E-state index contributed by atoms with van der Waals surface area (Å²) in [5.41, 5.74) is 3.76. The van der Waals surface area contributed by atoms with Gasteiger partial charge in [0.25, 0.3) is 5.91 Å². The Balaban J connectivity index is 1.59. The summed E-state index contributed by atoms with van der Waals surface area (Å²) in [6.45, 7) is 0.628. The number of allylic oxidation sites excluding steroid dienone is 1. The molecule has 0 aliphatic heterocycles. The van der Waals surface area contributed by atoms with E-state index in [9.17, 15) is 9.59 Å². The fourth-order valence-corrected chi connectivity index (χ4v) is 3.21. The summed E-state index contributed by atoms with van der Waals surface area (Å²) in [7, 11) is 1.35. The summed E-state index contributed by atoms with van der Waals surface area (Å²) >= 11 is 0. The smallest absolute Gasteiger partial charge is 0.337 e. The number of amides is 1. The lowest BCUT2D eigenvalue weighted by Crippen LogP contribution is -2.25. The first kappa shape index (κ1) is 19.6. The second kappa shape index (κ2) is 9.69. The van der Waals surface area contributed by atoms with E-state index in [4.69, 9.17) is 4.74 Å². The number of nitrogens with one attached hydrogen (secondary N) is 2. The quantitative estimate of drug-likeness (QED) is 0.556. The molecule has 146 valence electrons. The Morgan fingerprint density at radius 2 is 1.96 bits per heavy atom. The zero-order valence-corrected chi connectivity index (χ0v) is 16.0. The molecule has 1 aromatic carbocycles. The van der Waals surface area contributed by atoms with Crippen LogP contribution in [0.3, 0.4) is 0 Å². The van der Waals surface area contributed by atoms with Crippen molar-refractivity contribution < 1.29 is 14.3 Å². The number of carbonyl (C=O) groups excluding carboxylic acids is 2. The SMILES string of the molecule is COC(=O)c1cccc(Nc2cncc(C(=O)NCCC3=CCCCC3)c2)c1. The third kappa shape index (κ3) is 5.42. The number of hydrogen-bond acceptors (Lipinski definition) is 5. The Bertz CT molecular complexity index is 877. The molecule has 1 aliphatic rings. The van der Waals surface area contributed by atoms with Crippen LogP contribution in [0.4, 0.5) is 11.4 Å². The largest absolute Gasteiger partial charge is 0.465 e. The number of methoxy groups -OCH3 is 1. The van der Waals surface area contributed by atoms with Gasteiger partial charge < -0.3 is 15.4 Å². The van der Waals surface area contributed by atoms with Crippen LogP contribution >= 0.6 is 0 Å². The molecule has 28 heavy (non-hydrogen) atoms. The molecule has 1 amide bonds. The van der Waals surface area contributed by atoms with Gasteiger partial charge in [-0.25, -0.2) is 4.79 Å². The standard InChI is InChI=1S/C22H25N3O3/c1-28-22(27)17-8-5-9-19(12-17)25-20-13-18(14-23-15-20)21(26)24-11-10-16-6-3-2-4-7-16/h5-6,8-9,12-15,25H,2-4,7,10-11H2,1H3,(H,24,26). The van der Waals surface area contributed by atoms with Gasteiger partial charge in [-0.05, 0) is 56.4 Å². The number of hydrogen-bond donors (Lipinski definition) is 2. The molecule has 0 spiro atoms. The van der Waals surface area contributed by atoms with Gasteiger partial charge in [0.15, 0.2) is 0 Å². The minimum absolute atomic E-state index is 0.143. The Morgan fingerprint density at radius 1 is 1.11 bits per heavy atom. The van der Waals surface area contributed by atoms with E-state index in [2.05, 4.69) is 21.7 Å². The van der Waals surface area contributed by atoms with Gasteiger partial charge in [-0.2, -0.15) is 0 Å². The maximum atomic E-state index is 12.4. The molecule has 6 nitrogen and oxygen atoms in total. The number of ether oxygens (including phenoxy) is 1. The van der Waals surface area contributed by atoms with E-state index in [-0.39, 0.29) is 5.91 Å². The third-order valence-corrected chi connectivity index (χ3v) is 4.69. The lowest BCUT2D eigenvalue weighted by Gasteiger charge is -2.13. The molecule has 0 unspecified atom stereocenters. The van der Waals surface area contributed by atoms with E-state index in [1.165, 1.54) is 25.5 Å². The second-order valence-corrected chi connectivity index (χ2v) is 6.77. The Hall–Kier alpha value is -3.15. The highest BCUT2D eigenvalue weighted by molar-refractivity contribution is 5.95. The van der Waals surface area contributed by atoms with Crippen LogP contribution in [0, 0.1) is 0 Å². The number of aromatic nitrogens is 1. The molecule has 6 heteroatoms. The maximum absolute atomic E-state index is 12.4.